The molecule has 2 rings (SSSR count). The Bertz CT molecular complexity index is 584. The normalized spacial score (nSPS) is 19.4. The van der Waals surface area contributed by atoms with Crippen molar-refractivity contribution >= 4 is 21.4 Å². The molecule has 1 aromatic carbocycles. The van der Waals surface area contributed by atoms with Crippen molar-refractivity contribution in [3.05, 3.63) is 18.2 Å². The van der Waals surface area contributed by atoms with Gasteiger partial charge in [0.2, 0.25) is 10.0 Å². The summed E-state index contributed by atoms with van der Waals surface area (Å²) in [5, 5.41) is 5.08. The Morgan fingerprint density at radius 2 is 2.05 bits per heavy atom. The van der Waals surface area contributed by atoms with E-state index in [0.717, 1.165) is 12.2 Å². The molecular formula is C12H19N3O3S. The lowest BCUT2D eigenvalue weighted by atomic mass is 10.1. The van der Waals surface area contributed by atoms with Gasteiger partial charge in [-0.2, -0.15) is 0 Å². The van der Waals surface area contributed by atoms with Crippen LogP contribution < -0.4 is 15.8 Å². The molecule has 19 heavy (non-hydrogen) atoms. The summed E-state index contributed by atoms with van der Waals surface area (Å²) in [5.74, 6) is 0. The number of benzene rings is 1. The fraction of sp³-hybridized carbons (Fsp3) is 0.500. The highest BCUT2D eigenvalue weighted by Gasteiger charge is 2.28. The Morgan fingerprint density at radius 3 is 2.58 bits per heavy atom. The van der Waals surface area contributed by atoms with Gasteiger partial charge in [0.05, 0.1) is 28.5 Å². The molecule has 0 unspecified atom stereocenters. The van der Waals surface area contributed by atoms with E-state index >= 15 is 0 Å². The minimum atomic E-state index is -3.72. The predicted octanol–water partition coefficient (Wildman–Crippen LogP) is 0.531. The number of anilines is 2. The van der Waals surface area contributed by atoms with E-state index in [1.54, 1.807) is 6.07 Å². The van der Waals surface area contributed by atoms with E-state index in [9.17, 15) is 8.42 Å². The molecule has 7 heteroatoms. The smallest absolute Gasteiger partial charge is 0.238 e. The number of ether oxygens (including phenoxy) is 1. The van der Waals surface area contributed by atoms with Crippen LogP contribution in [0.1, 0.15) is 13.8 Å². The van der Waals surface area contributed by atoms with Crippen molar-refractivity contribution in [3.63, 3.8) is 0 Å². The van der Waals surface area contributed by atoms with Crippen molar-refractivity contribution in [1.29, 1.82) is 0 Å². The third kappa shape index (κ3) is 3.17. The maximum Gasteiger partial charge on any atom is 0.238 e. The molecule has 6 nitrogen and oxygen atoms in total. The highest BCUT2D eigenvalue weighted by atomic mass is 32.2. The molecule has 1 aromatic rings. The number of nitrogens with two attached hydrogens (primary N) is 2. The highest BCUT2D eigenvalue weighted by Crippen LogP contribution is 2.29. The maximum atomic E-state index is 11.3. The van der Waals surface area contributed by atoms with Crippen LogP contribution in [0.15, 0.2) is 23.1 Å². The number of sulfonamides is 1. The molecule has 0 spiro atoms. The molecule has 106 valence electrons. The summed E-state index contributed by atoms with van der Waals surface area (Å²) < 4.78 is 28.2. The Kier molecular flexibility index (Phi) is 3.46. The van der Waals surface area contributed by atoms with Gasteiger partial charge in [0.25, 0.3) is 0 Å². The van der Waals surface area contributed by atoms with E-state index in [-0.39, 0.29) is 10.5 Å². The molecule has 4 N–H and O–H groups in total. The van der Waals surface area contributed by atoms with Gasteiger partial charge in [0.1, 0.15) is 0 Å². The Morgan fingerprint density at radius 1 is 1.37 bits per heavy atom. The van der Waals surface area contributed by atoms with Crippen molar-refractivity contribution in [2.45, 2.75) is 24.3 Å². The lowest BCUT2D eigenvalue weighted by Crippen LogP contribution is -2.48. The average Bonchev–Trinajstić information content (AvgIpc) is 2.26. The lowest BCUT2D eigenvalue weighted by molar-refractivity contribution is -0.0276. The van der Waals surface area contributed by atoms with Gasteiger partial charge in [-0.1, -0.05) is 0 Å². The van der Waals surface area contributed by atoms with Gasteiger partial charge in [-0.25, -0.2) is 13.6 Å². The van der Waals surface area contributed by atoms with Crippen LogP contribution in [0, 0.1) is 0 Å². The second-order valence-electron chi connectivity index (χ2n) is 5.30. The van der Waals surface area contributed by atoms with Crippen LogP contribution in [0.5, 0.6) is 0 Å². The van der Waals surface area contributed by atoms with E-state index in [4.69, 9.17) is 15.6 Å². The molecule has 1 aliphatic rings. The van der Waals surface area contributed by atoms with Crippen molar-refractivity contribution in [1.82, 2.24) is 0 Å². The van der Waals surface area contributed by atoms with Gasteiger partial charge in [-0.3, -0.25) is 0 Å². The first-order valence-electron chi connectivity index (χ1n) is 6.00. The molecule has 1 heterocycles. The van der Waals surface area contributed by atoms with Crippen LogP contribution in [0.2, 0.25) is 0 Å². The van der Waals surface area contributed by atoms with Crippen molar-refractivity contribution in [2.75, 3.05) is 30.3 Å². The number of hydrogen-bond donors (Lipinski definition) is 2. The lowest BCUT2D eigenvalue weighted by Gasteiger charge is -2.39. The summed E-state index contributed by atoms with van der Waals surface area (Å²) in [6.07, 6.45) is 0. The quantitative estimate of drug-likeness (QED) is 0.772. The molecule has 0 aromatic heterocycles. The number of nitrogen functional groups attached to an aromatic ring is 1. The summed E-state index contributed by atoms with van der Waals surface area (Å²) in [6, 6.07) is 4.56. The SMILES string of the molecule is CC1(C)CN(c2ccc(S(N)(=O)=O)cc2N)CCO1. The molecule has 0 radical (unpaired) electrons. The van der Waals surface area contributed by atoms with Gasteiger partial charge >= 0.3 is 0 Å². The second-order valence-corrected chi connectivity index (χ2v) is 6.86. The predicted molar refractivity (Wildman–Crippen MR) is 74.5 cm³/mol. The van der Waals surface area contributed by atoms with E-state index in [2.05, 4.69) is 4.90 Å². The van der Waals surface area contributed by atoms with Gasteiger partial charge in [0, 0.05) is 13.1 Å². The zero-order valence-electron chi connectivity index (χ0n) is 11.1. The van der Waals surface area contributed by atoms with E-state index in [1.807, 2.05) is 13.8 Å². The minimum Gasteiger partial charge on any atom is -0.397 e. The van der Waals surface area contributed by atoms with E-state index in [0.29, 0.717) is 18.8 Å². The standard InChI is InChI=1S/C12H19N3O3S/c1-12(2)8-15(5-6-18-12)11-4-3-9(7-10(11)13)19(14,16)17/h3-4,7H,5-6,8,13H2,1-2H3,(H2,14,16,17). The second kappa shape index (κ2) is 4.66. The number of morpholine rings is 1. The van der Waals surface area contributed by atoms with Crippen LogP contribution in [0.4, 0.5) is 11.4 Å². The van der Waals surface area contributed by atoms with Gasteiger partial charge < -0.3 is 15.4 Å². The summed E-state index contributed by atoms with van der Waals surface area (Å²) in [6.45, 7) is 6.06. The highest BCUT2D eigenvalue weighted by molar-refractivity contribution is 7.89. The molecule has 0 atom stereocenters. The maximum absolute atomic E-state index is 11.3. The van der Waals surface area contributed by atoms with Crippen LogP contribution in [0.25, 0.3) is 0 Å². The van der Waals surface area contributed by atoms with Crippen LogP contribution >= 0.6 is 0 Å². The van der Waals surface area contributed by atoms with Gasteiger partial charge in [-0.15, -0.1) is 0 Å². The van der Waals surface area contributed by atoms with E-state index in [1.165, 1.54) is 12.1 Å². The molecule has 1 aliphatic heterocycles. The Labute approximate surface area is 113 Å². The van der Waals surface area contributed by atoms with Crippen LogP contribution in [-0.2, 0) is 14.8 Å². The zero-order chi connectivity index (χ0) is 14.3. The number of primary sulfonamides is 1. The first-order valence-corrected chi connectivity index (χ1v) is 7.55. The fourth-order valence-electron chi connectivity index (χ4n) is 2.22. The van der Waals surface area contributed by atoms with Crippen molar-refractivity contribution < 1.29 is 13.2 Å². The summed E-state index contributed by atoms with van der Waals surface area (Å²) in [4.78, 5) is 2.12. The van der Waals surface area contributed by atoms with E-state index < -0.39 is 10.0 Å². The molecular weight excluding hydrogens is 266 g/mol. The molecule has 0 bridgehead atoms. The van der Waals surface area contributed by atoms with Gasteiger partial charge in [-0.05, 0) is 32.0 Å². The topological polar surface area (TPSA) is 98.7 Å². The van der Waals surface area contributed by atoms with Crippen molar-refractivity contribution in [2.24, 2.45) is 5.14 Å². The Balaban J connectivity index is 2.31. The number of rotatable bonds is 2. The number of hydrogen-bond acceptors (Lipinski definition) is 5. The third-order valence-corrected chi connectivity index (χ3v) is 4.00. The molecule has 1 saturated heterocycles. The molecule has 0 saturated carbocycles. The average molecular weight is 285 g/mol. The molecule has 0 amide bonds. The molecule has 0 aliphatic carbocycles. The minimum absolute atomic E-state index is 0.0290. The van der Waals surface area contributed by atoms with Crippen LogP contribution in [0.3, 0.4) is 0 Å². The first-order chi connectivity index (χ1) is 8.69. The summed E-state index contributed by atoms with van der Waals surface area (Å²) in [5.41, 5.74) is 6.90. The van der Waals surface area contributed by atoms with Gasteiger partial charge in [0.15, 0.2) is 0 Å². The summed E-state index contributed by atoms with van der Waals surface area (Å²) in [7, 11) is -3.72. The summed E-state index contributed by atoms with van der Waals surface area (Å²) >= 11 is 0. The monoisotopic (exact) mass is 285 g/mol. The largest absolute Gasteiger partial charge is 0.397 e. The Hall–Kier alpha value is -1.31. The number of nitrogens with zero attached hydrogens (tertiary/aromatic N) is 1. The van der Waals surface area contributed by atoms with Crippen LogP contribution in [-0.4, -0.2) is 33.7 Å². The fourth-order valence-corrected chi connectivity index (χ4v) is 2.77. The van der Waals surface area contributed by atoms with Crippen molar-refractivity contribution in [3.8, 4) is 0 Å². The molecule has 1 fully saturated rings. The zero-order valence-corrected chi connectivity index (χ0v) is 11.9. The first kappa shape index (κ1) is 14.1. The third-order valence-electron chi connectivity index (χ3n) is 3.09.